The average Bonchev–Trinajstić information content (AvgIpc) is 3.31. The molecule has 0 amide bonds. The van der Waals surface area contributed by atoms with Gasteiger partial charge in [-0.15, -0.1) is 0 Å². The van der Waals surface area contributed by atoms with E-state index >= 15 is 0 Å². The fourth-order valence-electron chi connectivity index (χ4n) is 3.77. The van der Waals surface area contributed by atoms with Crippen molar-refractivity contribution in [2.75, 3.05) is 33.0 Å². The molecule has 0 aliphatic carbocycles. The molecule has 1 fully saturated rings. The summed E-state index contributed by atoms with van der Waals surface area (Å²) in [6, 6.07) is 1.42. The summed E-state index contributed by atoms with van der Waals surface area (Å²) in [4.78, 5) is 51.3. The standard InChI is InChI=1S/C20H25NO9/c1-4-26-17(23)14-12(15(18(24)27-5-2)19(25)28-6-3)11-13-20(29-9-10-30-20)7-8-21(13)16(14)22/h11,15H,4-10H2,1-3H3. The number of ether oxygens (including phenoxy) is 5. The van der Waals surface area contributed by atoms with E-state index in [0.717, 1.165) is 0 Å². The first-order chi connectivity index (χ1) is 14.4. The van der Waals surface area contributed by atoms with Crippen LogP contribution in [0.25, 0.3) is 0 Å². The van der Waals surface area contributed by atoms with Crippen LogP contribution in [0.2, 0.25) is 0 Å². The van der Waals surface area contributed by atoms with Crippen molar-refractivity contribution in [1.82, 2.24) is 4.57 Å². The number of pyridine rings is 1. The maximum atomic E-state index is 13.3. The number of hydrogen-bond donors (Lipinski definition) is 0. The van der Waals surface area contributed by atoms with Crippen molar-refractivity contribution in [1.29, 1.82) is 0 Å². The lowest BCUT2D eigenvalue weighted by Crippen LogP contribution is -2.36. The summed E-state index contributed by atoms with van der Waals surface area (Å²) in [5.41, 5.74) is -0.883. The lowest BCUT2D eigenvalue weighted by Gasteiger charge is -2.24. The fourth-order valence-corrected chi connectivity index (χ4v) is 3.77. The topological polar surface area (TPSA) is 119 Å². The third-order valence-corrected chi connectivity index (χ3v) is 4.97. The van der Waals surface area contributed by atoms with Gasteiger partial charge in [0.05, 0.1) is 38.7 Å². The van der Waals surface area contributed by atoms with Crippen molar-refractivity contribution in [2.45, 2.75) is 45.4 Å². The largest absolute Gasteiger partial charge is 0.465 e. The Morgan fingerprint density at radius 2 is 1.60 bits per heavy atom. The lowest BCUT2D eigenvalue weighted by atomic mass is 9.93. The molecule has 0 unspecified atom stereocenters. The molecule has 0 radical (unpaired) electrons. The predicted octanol–water partition coefficient (Wildman–Crippen LogP) is 0.838. The van der Waals surface area contributed by atoms with Gasteiger partial charge in [-0.05, 0) is 32.4 Å². The summed E-state index contributed by atoms with van der Waals surface area (Å²) < 4.78 is 28.0. The Morgan fingerprint density at radius 1 is 1.03 bits per heavy atom. The Kier molecular flexibility index (Phi) is 6.57. The number of carbonyl (C=O) groups excluding carboxylic acids is 3. The second-order valence-corrected chi connectivity index (χ2v) is 6.67. The van der Waals surface area contributed by atoms with Crippen LogP contribution < -0.4 is 5.56 Å². The van der Waals surface area contributed by atoms with E-state index in [-0.39, 0.29) is 31.9 Å². The summed E-state index contributed by atoms with van der Waals surface area (Å²) in [7, 11) is 0. The van der Waals surface area contributed by atoms with Crippen molar-refractivity contribution >= 4 is 17.9 Å². The summed E-state index contributed by atoms with van der Waals surface area (Å²) in [5, 5.41) is 0. The number of aromatic nitrogens is 1. The molecule has 2 aliphatic heterocycles. The minimum absolute atomic E-state index is 0.00353. The molecule has 0 saturated carbocycles. The highest BCUT2D eigenvalue weighted by atomic mass is 16.7. The zero-order chi connectivity index (χ0) is 21.9. The quantitative estimate of drug-likeness (QED) is 0.357. The molecule has 1 aromatic rings. The molecule has 0 bridgehead atoms. The number of rotatable bonds is 7. The summed E-state index contributed by atoms with van der Waals surface area (Å²) in [6.45, 7) is 5.70. The zero-order valence-corrected chi connectivity index (χ0v) is 17.2. The molecule has 1 saturated heterocycles. The Balaban J connectivity index is 2.25. The average molecular weight is 423 g/mol. The van der Waals surface area contributed by atoms with Gasteiger partial charge in [-0.2, -0.15) is 0 Å². The van der Waals surface area contributed by atoms with Crippen molar-refractivity contribution in [3.05, 3.63) is 33.2 Å². The summed E-state index contributed by atoms with van der Waals surface area (Å²) in [6.07, 6.45) is 0.359. The monoisotopic (exact) mass is 423 g/mol. The minimum atomic E-state index is -1.62. The van der Waals surface area contributed by atoms with Gasteiger partial charge in [0, 0.05) is 13.0 Å². The smallest absolute Gasteiger partial charge is 0.344 e. The second-order valence-electron chi connectivity index (χ2n) is 6.67. The molecular formula is C20H25NO9. The molecule has 3 rings (SSSR count). The van der Waals surface area contributed by atoms with E-state index in [2.05, 4.69) is 0 Å². The molecule has 0 atom stereocenters. The Bertz CT molecular complexity index is 880. The van der Waals surface area contributed by atoms with Gasteiger partial charge in [-0.1, -0.05) is 0 Å². The Morgan fingerprint density at radius 3 is 2.13 bits per heavy atom. The van der Waals surface area contributed by atoms with Crippen LogP contribution in [0, 0.1) is 0 Å². The van der Waals surface area contributed by atoms with Gasteiger partial charge in [0.25, 0.3) is 5.56 Å². The van der Waals surface area contributed by atoms with Crippen LogP contribution in [0.5, 0.6) is 0 Å². The SMILES string of the molecule is CCOC(=O)c1c(C(C(=O)OCC)C(=O)OCC)cc2n(c1=O)CCC21OCCO1. The highest BCUT2D eigenvalue weighted by Crippen LogP contribution is 2.41. The normalized spacial score (nSPS) is 16.5. The van der Waals surface area contributed by atoms with Gasteiger partial charge in [-0.25, -0.2) is 4.79 Å². The van der Waals surface area contributed by atoms with Crippen LogP contribution in [0.15, 0.2) is 10.9 Å². The highest BCUT2D eigenvalue weighted by Gasteiger charge is 2.48. The second kappa shape index (κ2) is 8.97. The van der Waals surface area contributed by atoms with E-state index < -0.39 is 40.7 Å². The summed E-state index contributed by atoms with van der Waals surface area (Å²) >= 11 is 0. The molecule has 164 valence electrons. The third-order valence-electron chi connectivity index (χ3n) is 4.97. The maximum absolute atomic E-state index is 13.3. The van der Waals surface area contributed by atoms with Crippen LogP contribution in [0.4, 0.5) is 0 Å². The van der Waals surface area contributed by atoms with Gasteiger partial charge in [-0.3, -0.25) is 14.4 Å². The minimum Gasteiger partial charge on any atom is -0.465 e. The molecule has 10 heteroatoms. The maximum Gasteiger partial charge on any atom is 0.344 e. The number of nitrogens with zero attached hydrogens (tertiary/aromatic N) is 1. The highest BCUT2D eigenvalue weighted by molar-refractivity contribution is 6.04. The third kappa shape index (κ3) is 3.72. The molecule has 3 heterocycles. The first-order valence-electron chi connectivity index (χ1n) is 9.96. The first kappa shape index (κ1) is 22.0. The van der Waals surface area contributed by atoms with E-state index in [4.69, 9.17) is 23.7 Å². The van der Waals surface area contributed by atoms with E-state index in [0.29, 0.717) is 25.3 Å². The van der Waals surface area contributed by atoms with Gasteiger partial charge in [0.15, 0.2) is 5.92 Å². The fraction of sp³-hybridized carbons (Fsp3) is 0.600. The zero-order valence-electron chi connectivity index (χ0n) is 17.2. The van der Waals surface area contributed by atoms with Crippen LogP contribution in [0.1, 0.15) is 54.7 Å². The van der Waals surface area contributed by atoms with Crippen molar-refractivity contribution < 1.29 is 38.1 Å². The van der Waals surface area contributed by atoms with Gasteiger partial charge in [0.2, 0.25) is 5.79 Å². The van der Waals surface area contributed by atoms with Crippen LogP contribution in [-0.2, 0) is 45.6 Å². The first-order valence-corrected chi connectivity index (χ1v) is 9.96. The molecule has 1 spiro atoms. The van der Waals surface area contributed by atoms with E-state index in [1.54, 1.807) is 20.8 Å². The van der Waals surface area contributed by atoms with E-state index in [9.17, 15) is 19.2 Å². The molecule has 10 nitrogen and oxygen atoms in total. The molecular weight excluding hydrogens is 398 g/mol. The van der Waals surface area contributed by atoms with Crippen molar-refractivity contribution in [2.24, 2.45) is 0 Å². The number of esters is 3. The summed E-state index contributed by atoms with van der Waals surface area (Å²) in [5.74, 6) is -5.56. The van der Waals surface area contributed by atoms with Gasteiger partial charge < -0.3 is 28.3 Å². The van der Waals surface area contributed by atoms with Crippen molar-refractivity contribution in [3.63, 3.8) is 0 Å². The number of hydrogen-bond acceptors (Lipinski definition) is 9. The molecule has 1 aromatic heterocycles. The molecule has 2 aliphatic rings. The number of carbonyl (C=O) groups is 3. The molecule has 0 N–H and O–H groups in total. The van der Waals surface area contributed by atoms with Crippen LogP contribution in [-0.4, -0.2) is 55.5 Å². The molecule has 0 aromatic carbocycles. The Labute approximate surface area is 173 Å². The number of fused-ring (bicyclic) bond motifs is 2. The van der Waals surface area contributed by atoms with Crippen molar-refractivity contribution in [3.8, 4) is 0 Å². The lowest BCUT2D eigenvalue weighted by molar-refractivity contribution is -0.164. The van der Waals surface area contributed by atoms with Gasteiger partial charge in [0.1, 0.15) is 5.56 Å². The predicted molar refractivity (Wildman–Crippen MR) is 101 cm³/mol. The van der Waals surface area contributed by atoms with E-state index in [1.807, 2.05) is 0 Å². The van der Waals surface area contributed by atoms with Gasteiger partial charge >= 0.3 is 17.9 Å². The Hall–Kier alpha value is -2.72. The van der Waals surface area contributed by atoms with Crippen LogP contribution >= 0.6 is 0 Å². The van der Waals surface area contributed by atoms with E-state index in [1.165, 1.54) is 10.6 Å². The van der Waals surface area contributed by atoms with Crippen LogP contribution in [0.3, 0.4) is 0 Å². The molecule has 30 heavy (non-hydrogen) atoms.